The lowest BCUT2D eigenvalue weighted by Crippen LogP contribution is -2.61. The summed E-state index contributed by atoms with van der Waals surface area (Å²) < 4.78 is 15.7. The first-order valence-corrected chi connectivity index (χ1v) is 7.39. The van der Waals surface area contributed by atoms with E-state index in [1.54, 1.807) is 0 Å². The van der Waals surface area contributed by atoms with Crippen molar-refractivity contribution in [3.63, 3.8) is 0 Å². The molecule has 0 amide bonds. The number of aliphatic hydroxyl groups excluding tert-OH is 7. The van der Waals surface area contributed by atoms with Gasteiger partial charge >= 0.3 is 0 Å². The summed E-state index contributed by atoms with van der Waals surface area (Å²) in [5, 5.41) is 67.4. The third-order valence-corrected chi connectivity index (χ3v) is 4.22. The van der Waals surface area contributed by atoms with Crippen LogP contribution in [0.2, 0.25) is 0 Å². The SMILES string of the molecule is CC1OC(CO[C@@H]2OC(CO)[C@H](O)[C@H](O)C2O)[C@H](O)[C@H](O)C1O. The summed E-state index contributed by atoms with van der Waals surface area (Å²) in [5.41, 5.74) is 0. The fraction of sp³-hybridized carbons (Fsp3) is 1.00. The van der Waals surface area contributed by atoms with Crippen molar-refractivity contribution in [1.82, 2.24) is 0 Å². The van der Waals surface area contributed by atoms with Gasteiger partial charge in [-0.15, -0.1) is 0 Å². The van der Waals surface area contributed by atoms with E-state index in [1.165, 1.54) is 6.92 Å². The van der Waals surface area contributed by atoms with Crippen molar-refractivity contribution in [1.29, 1.82) is 0 Å². The number of ether oxygens (including phenoxy) is 3. The van der Waals surface area contributed by atoms with Crippen molar-refractivity contribution >= 4 is 0 Å². The molecule has 2 heterocycles. The van der Waals surface area contributed by atoms with E-state index in [4.69, 9.17) is 19.3 Å². The maximum atomic E-state index is 9.87. The van der Waals surface area contributed by atoms with Gasteiger partial charge in [-0.2, -0.15) is 0 Å². The lowest BCUT2D eigenvalue weighted by atomic mass is 9.96. The van der Waals surface area contributed by atoms with E-state index in [0.29, 0.717) is 0 Å². The summed E-state index contributed by atoms with van der Waals surface area (Å²) in [6.07, 6.45) is -12.9. The Morgan fingerprint density at radius 2 is 1.30 bits per heavy atom. The first kappa shape index (κ1) is 18.9. The van der Waals surface area contributed by atoms with Crippen molar-refractivity contribution in [2.75, 3.05) is 13.2 Å². The molecule has 136 valence electrons. The predicted octanol–water partition coefficient (Wildman–Crippen LogP) is -4.33. The summed E-state index contributed by atoms with van der Waals surface area (Å²) >= 11 is 0. The van der Waals surface area contributed by atoms with Crippen molar-refractivity contribution in [3.05, 3.63) is 0 Å². The molecule has 0 spiro atoms. The second kappa shape index (κ2) is 7.66. The molecule has 2 rings (SSSR count). The molecule has 2 fully saturated rings. The van der Waals surface area contributed by atoms with Crippen LogP contribution in [0, 0.1) is 0 Å². The van der Waals surface area contributed by atoms with Crippen LogP contribution in [0.3, 0.4) is 0 Å². The standard InChI is InChI=1S/C13H24O10/c1-4-7(15)10(18)9(17)6(22-4)3-21-13-12(20)11(19)8(16)5(2-14)23-13/h4-20H,2-3H2,1H3/t4?,5?,6?,7?,8-,9-,10+,11-,12?,13+/m0/s1. The highest BCUT2D eigenvalue weighted by Gasteiger charge is 2.46. The molecule has 23 heavy (non-hydrogen) atoms. The molecule has 10 atom stereocenters. The first-order chi connectivity index (χ1) is 10.8. The Labute approximate surface area is 132 Å². The van der Waals surface area contributed by atoms with Crippen LogP contribution in [0.5, 0.6) is 0 Å². The minimum atomic E-state index is -1.57. The number of hydrogen-bond donors (Lipinski definition) is 7. The number of hydrogen-bond acceptors (Lipinski definition) is 10. The van der Waals surface area contributed by atoms with Crippen LogP contribution in [0.25, 0.3) is 0 Å². The van der Waals surface area contributed by atoms with Gasteiger partial charge < -0.3 is 50.0 Å². The van der Waals surface area contributed by atoms with E-state index in [9.17, 15) is 30.6 Å². The third kappa shape index (κ3) is 3.82. The molecule has 0 bridgehead atoms. The monoisotopic (exact) mass is 340 g/mol. The average molecular weight is 340 g/mol. The van der Waals surface area contributed by atoms with Gasteiger partial charge in [0.25, 0.3) is 0 Å². The molecule has 0 aromatic rings. The van der Waals surface area contributed by atoms with Gasteiger partial charge in [-0.05, 0) is 6.92 Å². The van der Waals surface area contributed by atoms with Crippen molar-refractivity contribution in [3.8, 4) is 0 Å². The zero-order chi connectivity index (χ0) is 17.3. The van der Waals surface area contributed by atoms with Crippen LogP contribution in [-0.2, 0) is 14.2 Å². The van der Waals surface area contributed by atoms with E-state index in [-0.39, 0.29) is 6.61 Å². The average Bonchev–Trinajstić information content (AvgIpc) is 2.54. The van der Waals surface area contributed by atoms with E-state index < -0.39 is 67.8 Å². The lowest BCUT2D eigenvalue weighted by molar-refractivity contribution is -0.313. The molecule has 0 aromatic carbocycles. The van der Waals surface area contributed by atoms with E-state index >= 15 is 0 Å². The van der Waals surface area contributed by atoms with Gasteiger partial charge in [0.05, 0.1) is 19.3 Å². The highest BCUT2D eigenvalue weighted by Crippen LogP contribution is 2.25. The Kier molecular flexibility index (Phi) is 6.30. The summed E-state index contributed by atoms with van der Waals surface area (Å²) in [4.78, 5) is 0. The Balaban J connectivity index is 1.94. The van der Waals surface area contributed by atoms with E-state index in [1.807, 2.05) is 0 Å². The van der Waals surface area contributed by atoms with E-state index in [0.717, 1.165) is 0 Å². The Hall–Kier alpha value is -0.400. The molecular weight excluding hydrogens is 316 g/mol. The molecule has 10 heteroatoms. The molecule has 2 aliphatic rings. The largest absolute Gasteiger partial charge is 0.394 e. The molecule has 0 aliphatic carbocycles. The maximum Gasteiger partial charge on any atom is 0.186 e. The minimum Gasteiger partial charge on any atom is -0.394 e. The molecule has 0 aromatic heterocycles. The van der Waals surface area contributed by atoms with Crippen LogP contribution in [0.15, 0.2) is 0 Å². The highest BCUT2D eigenvalue weighted by atomic mass is 16.7. The Morgan fingerprint density at radius 1 is 0.739 bits per heavy atom. The number of rotatable bonds is 4. The second-order valence-electron chi connectivity index (χ2n) is 5.88. The van der Waals surface area contributed by atoms with Crippen LogP contribution in [-0.4, -0.2) is 110 Å². The van der Waals surface area contributed by atoms with Crippen molar-refractivity contribution in [2.24, 2.45) is 0 Å². The smallest absolute Gasteiger partial charge is 0.186 e. The fourth-order valence-corrected chi connectivity index (χ4v) is 2.67. The lowest BCUT2D eigenvalue weighted by Gasteiger charge is -2.42. The topological polar surface area (TPSA) is 169 Å². The van der Waals surface area contributed by atoms with Gasteiger partial charge in [0, 0.05) is 0 Å². The van der Waals surface area contributed by atoms with Gasteiger partial charge in [-0.1, -0.05) is 0 Å². The zero-order valence-electron chi connectivity index (χ0n) is 12.5. The van der Waals surface area contributed by atoms with Gasteiger partial charge in [-0.3, -0.25) is 0 Å². The predicted molar refractivity (Wildman–Crippen MR) is 72.1 cm³/mol. The van der Waals surface area contributed by atoms with E-state index in [2.05, 4.69) is 0 Å². The van der Waals surface area contributed by atoms with Crippen LogP contribution < -0.4 is 0 Å². The molecule has 2 aliphatic heterocycles. The highest BCUT2D eigenvalue weighted by molar-refractivity contribution is 4.92. The van der Waals surface area contributed by atoms with Crippen molar-refractivity contribution in [2.45, 2.75) is 68.1 Å². The molecule has 5 unspecified atom stereocenters. The van der Waals surface area contributed by atoms with Gasteiger partial charge in [0.15, 0.2) is 6.29 Å². The van der Waals surface area contributed by atoms with Crippen LogP contribution in [0.1, 0.15) is 6.92 Å². The summed E-state index contributed by atoms with van der Waals surface area (Å²) in [7, 11) is 0. The van der Waals surface area contributed by atoms with Crippen LogP contribution in [0.4, 0.5) is 0 Å². The molecule has 0 radical (unpaired) electrons. The van der Waals surface area contributed by atoms with Crippen LogP contribution >= 0.6 is 0 Å². The molecule has 7 N–H and O–H groups in total. The summed E-state index contributed by atoms with van der Waals surface area (Å²) in [6.45, 7) is 0.619. The maximum absolute atomic E-state index is 9.87. The normalized spacial score (nSPS) is 51.7. The van der Waals surface area contributed by atoms with Gasteiger partial charge in [-0.25, -0.2) is 0 Å². The Morgan fingerprint density at radius 3 is 1.91 bits per heavy atom. The number of aliphatic hydroxyl groups is 7. The zero-order valence-corrected chi connectivity index (χ0v) is 12.5. The quantitative estimate of drug-likeness (QED) is 0.265. The third-order valence-electron chi connectivity index (χ3n) is 4.22. The van der Waals surface area contributed by atoms with Gasteiger partial charge in [0.1, 0.15) is 48.8 Å². The van der Waals surface area contributed by atoms with Crippen molar-refractivity contribution < 1.29 is 50.0 Å². The molecule has 0 saturated carbocycles. The summed E-state index contributed by atoms with van der Waals surface area (Å²) in [6, 6.07) is 0. The molecular formula is C13H24O10. The second-order valence-corrected chi connectivity index (χ2v) is 5.88. The summed E-state index contributed by atoms with van der Waals surface area (Å²) in [5.74, 6) is 0. The molecule has 10 nitrogen and oxygen atoms in total. The first-order valence-electron chi connectivity index (χ1n) is 7.39. The fourth-order valence-electron chi connectivity index (χ4n) is 2.67. The van der Waals surface area contributed by atoms with Gasteiger partial charge in [0.2, 0.25) is 0 Å². The Bertz CT molecular complexity index is 380. The minimum absolute atomic E-state index is 0.308. The molecule has 2 saturated heterocycles.